The Kier molecular flexibility index (Phi) is 11.3. The molecule has 10 aromatic rings. The molecule has 1 fully saturated rings. The number of halogens is 1. The van der Waals surface area contributed by atoms with Crippen molar-refractivity contribution in [1.29, 1.82) is 0 Å². The van der Waals surface area contributed by atoms with Crippen LogP contribution >= 0.6 is 45.7 Å². The van der Waals surface area contributed by atoms with Gasteiger partial charge in [0.05, 0.1) is 0 Å². The van der Waals surface area contributed by atoms with Crippen LogP contribution in [-0.4, -0.2) is 8.67 Å². The summed E-state index contributed by atoms with van der Waals surface area (Å²) in [6.07, 6.45) is 20.3. The summed E-state index contributed by atoms with van der Waals surface area (Å²) >= 11 is 7.01. The highest BCUT2D eigenvalue weighted by Gasteiger charge is 2.48. The molecule has 3 heteroatoms. The van der Waals surface area contributed by atoms with E-state index in [0.29, 0.717) is 14.6 Å². The van der Waals surface area contributed by atoms with Gasteiger partial charge >= 0.3 is 0 Å². The Morgan fingerprint density at radius 1 is 0.600 bits per heavy atom. The molecule has 0 radical (unpaired) electrons. The van der Waals surface area contributed by atoms with Gasteiger partial charge < -0.3 is 0 Å². The van der Waals surface area contributed by atoms with E-state index >= 15 is 0 Å². The van der Waals surface area contributed by atoms with Gasteiger partial charge in [0, 0.05) is 34.8 Å². The SMILES string of the molecule is C=C(/C=C\c1c(C)c(-c2ccc3ccccc3c2)c2ccccc2c1-c1ccc2ccccc2c1)c1c2ccccc2c(-c2ccc(C3=CCC(C4C=CCC5CCCCC54I)S3)s2)c2ccccc12. The average molecular weight is 1050 g/mol. The fourth-order valence-electron chi connectivity index (χ4n) is 12.6. The van der Waals surface area contributed by atoms with Crippen LogP contribution in [0.4, 0.5) is 0 Å². The zero-order valence-electron chi connectivity index (χ0n) is 39.4. The molecule has 2 aliphatic carbocycles. The minimum atomic E-state index is 0.403. The predicted molar refractivity (Wildman–Crippen MR) is 317 cm³/mol. The summed E-state index contributed by atoms with van der Waals surface area (Å²) in [5.41, 5.74) is 10.9. The van der Waals surface area contributed by atoms with Gasteiger partial charge in [0.15, 0.2) is 0 Å². The predicted octanol–water partition coefficient (Wildman–Crippen LogP) is 20.3. The molecule has 0 bridgehead atoms. The van der Waals surface area contributed by atoms with Crippen molar-refractivity contribution < 1.29 is 0 Å². The number of benzene rings is 9. The lowest BCUT2D eigenvalue weighted by Crippen LogP contribution is -2.46. The van der Waals surface area contributed by atoms with E-state index in [1.807, 2.05) is 11.3 Å². The van der Waals surface area contributed by atoms with Crippen LogP contribution in [-0.2, 0) is 0 Å². The third-order valence-electron chi connectivity index (χ3n) is 16.0. The molecule has 1 saturated carbocycles. The molecule has 0 spiro atoms. The van der Waals surface area contributed by atoms with Crippen LogP contribution in [0, 0.1) is 18.8 Å². The van der Waals surface area contributed by atoms with E-state index in [4.69, 9.17) is 6.58 Å². The van der Waals surface area contributed by atoms with Gasteiger partial charge in [0.2, 0.25) is 0 Å². The normalized spacial score (nSPS) is 20.3. The molecule has 0 nitrogen and oxygen atoms in total. The number of thioether (sulfide) groups is 1. The van der Waals surface area contributed by atoms with E-state index < -0.39 is 0 Å². The maximum Gasteiger partial charge on any atom is 0.0409 e. The summed E-state index contributed by atoms with van der Waals surface area (Å²) in [5, 5.41) is 13.1. The lowest BCUT2D eigenvalue weighted by atomic mass is 9.67. The van der Waals surface area contributed by atoms with Crippen molar-refractivity contribution in [3.63, 3.8) is 0 Å². The monoisotopic (exact) mass is 1050 g/mol. The highest BCUT2D eigenvalue weighted by Crippen LogP contribution is 2.57. The van der Waals surface area contributed by atoms with Crippen LogP contribution < -0.4 is 0 Å². The van der Waals surface area contributed by atoms with Crippen LogP contribution in [0.5, 0.6) is 0 Å². The van der Waals surface area contributed by atoms with Crippen LogP contribution in [0.25, 0.3) is 103 Å². The third kappa shape index (κ3) is 7.45. The number of rotatable bonds is 8. The lowest BCUT2D eigenvalue weighted by molar-refractivity contribution is 0.226. The van der Waals surface area contributed by atoms with E-state index in [0.717, 1.165) is 17.9 Å². The lowest BCUT2D eigenvalue weighted by Gasteiger charge is -2.48. The molecule has 1 aromatic heterocycles. The Bertz CT molecular complexity index is 3790. The molecule has 0 saturated heterocycles. The van der Waals surface area contributed by atoms with Crippen LogP contribution in [0.1, 0.15) is 60.1 Å². The average Bonchev–Trinajstić information content (AvgIpc) is 4.10. The van der Waals surface area contributed by atoms with Crippen LogP contribution in [0.15, 0.2) is 201 Å². The Balaban J connectivity index is 0.917. The molecule has 4 atom stereocenters. The summed E-state index contributed by atoms with van der Waals surface area (Å²) in [6.45, 7) is 7.24. The Morgan fingerprint density at radius 3 is 1.81 bits per heavy atom. The summed E-state index contributed by atoms with van der Waals surface area (Å²) in [7, 11) is 0. The summed E-state index contributed by atoms with van der Waals surface area (Å²) in [5.74, 6) is 1.46. The topological polar surface area (TPSA) is 0 Å². The summed E-state index contributed by atoms with van der Waals surface area (Å²) < 4.78 is 0.403. The fourth-order valence-corrected chi connectivity index (χ4v) is 17.1. The molecular weight excluding hydrogens is 996 g/mol. The van der Waals surface area contributed by atoms with Crippen molar-refractivity contribution in [2.24, 2.45) is 11.8 Å². The first-order chi connectivity index (χ1) is 34.4. The number of thiophene rings is 1. The number of alkyl halides is 1. The number of hydrogen-bond donors (Lipinski definition) is 0. The smallest absolute Gasteiger partial charge is 0.0409 e. The Hall–Kier alpha value is -5.98. The van der Waals surface area contributed by atoms with E-state index in [1.165, 1.54) is 145 Å². The minimum Gasteiger partial charge on any atom is -0.135 e. The zero-order chi connectivity index (χ0) is 46.9. The van der Waals surface area contributed by atoms with Crippen molar-refractivity contribution >= 4 is 116 Å². The van der Waals surface area contributed by atoms with Gasteiger partial charge in [-0.2, -0.15) is 0 Å². The second-order valence-electron chi connectivity index (χ2n) is 19.8. The first-order valence-corrected chi connectivity index (χ1v) is 27.9. The Labute approximate surface area is 433 Å². The van der Waals surface area contributed by atoms with Gasteiger partial charge in [0.25, 0.3) is 0 Å². The number of allylic oxidation sites excluding steroid dienone is 5. The van der Waals surface area contributed by atoms with Gasteiger partial charge in [-0.25, -0.2) is 0 Å². The number of hydrogen-bond acceptors (Lipinski definition) is 2. The van der Waals surface area contributed by atoms with Gasteiger partial charge in [-0.15, -0.1) is 23.1 Å². The van der Waals surface area contributed by atoms with Gasteiger partial charge in [-0.05, 0) is 161 Å². The second kappa shape index (κ2) is 18.0. The van der Waals surface area contributed by atoms with Crippen molar-refractivity contribution in [2.45, 2.75) is 54.1 Å². The minimum absolute atomic E-state index is 0.403. The number of fused-ring (bicyclic) bond motifs is 6. The van der Waals surface area contributed by atoms with Gasteiger partial charge in [-0.3, -0.25) is 0 Å². The summed E-state index contributed by atoms with van der Waals surface area (Å²) in [4.78, 5) is 4.18. The van der Waals surface area contributed by atoms with Crippen molar-refractivity contribution in [2.75, 3.05) is 0 Å². The van der Waals surface area contributed by atoms with Gasteiger partial charge in [0.1, 0.15) is 0 Å². The quantitative estimate of drug-likeness (QED) is 0.0480. The first kappa shape index (κ1) is 44.0. The molecule has 1 aliphatic heterocycles. The largest absolute Gasteiger partial charge is 0.135 e. The first-order valence-electron chi connectivity index (χ1n) is 25.1. The third-order valence-corrected chi connectivity index (χ3v) is 20.8. The maximum absolute atomic E-state index is 4.92. The zero-order valence-corrected chi connectivity index (χ0v) is 43.2. The molecule has 13 rings (SSSR count). The van der Waals surface area contributed by atoms with Crippen molar-refractivity contribution in [1.82, 2.24) is 0 Å². The van der Waals surface area contributed by atoms with E-state index in [1.54, 1.807) is 0 Å². The molecule has 4 unspecified atom stereocenters. The molecule has 2 heterocycles. The standard InChI is InChI=1S/C67H53IS2/c1-42(29-34-51-43(2)64(48-32-30-44-16-3-5-18-46(44)40-48)54-24-9-10-25-55(54)65(51)49-33-31-45-17-4-6-19-47(45)41-49)63-52-22-7-11-26-56(52)66(57-27-12-8-23-53(57)63)62-38-37-61(70-62)60-36-35-59(69-60)58-28-15-21-50-20-13-14-39-67(50,58)68/h3-12,15-19,22-34,36-38,40-41,50,58-59H,1,13-14,20-21,35,39H2,2H3/b34-29-. The van der Waals surface area contributed by atoms with Crippen molar-refractivity contribution in [3.8, 4) is 32.7 Å². The van der Waals surface area contributed by atoms with Gasteiger partial charge in [-0.1, -0.05) is 218 Å². The molecule has 0 amide bonds. The van der Waals surface area contributed by atoms with Crippen LogP contribution in [0.3, 0.4) is 0 Å². The summed E-state index contributed by atoms with van der Waals surface area (Å²) in [6, 6.07) is 63.1. The molecule has 70 heavy (non-hydrogen) atoms. The molecular formula is C67H53IS2. The highest BCUT2D eigenvalue weighted by atomic mass is 127. The van der Waals surface area contributed by atoms with E-state index in [2.05, 4.69) is 242 Å². The molecule has 0 N–H and O–H groups in total. The molecule has 340 valence electrons. The molecule has 9 aromatic carbocycles. The van der Waals surface area contributed by atoms with Crippen molar-refractivity contribution in [3.05, 3.63) is 222 Å². The molecule has 3 aliphatic rings. The van der Waals surface area contributed by atoms with E-state index in [-0.39, 0.29) is 0 Å². The maximum atomic E-state index is 4.92. The second-order valence-corrected chi connectivity index (χ2v) is 24.2. The Morgan fingerprint density at radius 2 is 1.16 bits per heavy atom. The van der Waals surface area contributed by atoms with Crippen LogP contribution in [0.2, 0.25) is 0 Å². The highest BCUT2D eigenvalue weighted by molar-refractivity contribution is 14.1. The fraction of sp³-hybridized carbons (Fsp3) is 0.164. The van der Waals surface area contributed by atoms with E-state index in [9.17, 15) is 0 Å².